The summed E-state index contributed by atoms with van der Waals surface area (Å²) in [6.07, 6.45) is -4.21. The third kappa shape index (κ3) is 6.47. The molecule has 11 nitrogen and oxygen atoms in total. The van der Waals surface area contributed by atoms with E-state index in [2.05, 4.69) is 16.0 Å². The maximum atomic E-state index is 10.6. The van der Waals surface area contributed by atoms with Crippen molar-refractivity contribution in [2.45, 2.75) is 49.3 Å². The zero-order valence-corrected chi connectivity index (χ0v) is 13.7. The van der Waals surface area contributed by atoms with Crippen LogP contribution < -0.4 is 16.0 Å². The molecule has 0 amide bonds. The second kappa shape index (κ2) is 10.6. The highest BCUT2D eigenvalue weighted by Crippen LogP contribution is 2.22. The van der Waals surface area contributed by atoms with E-state index in [9.17, 15) is 24.9 Å². The smallest absolute Gasteiger partial charge is 0.304 e. The Balaban J connectivity index is 2.82. The zero-order chi connectivity index (χ0) is 19.0. The zero-order valence-electron chi connectivity index (χ0n) is 13.7. The minimum Gasteiger partial charge on any atom is -0.481 e. The van der Waals surface area contributed by atoms with Crippen LogP contribution in [0.3, 0.4) is 0 Å². The number of carbonyl (C=O) groups is 2. The topological polar surface area (TPSA) is 192 Å². The van der Waals surface area contributed by atoms with Gasteiger partial charge in [0.1, 0.15) is 0 Å². The van der Waals surface area contributed by atoms with Gasteiger partial charge in [0.2, 0.25) is 0 Å². The van der Waals surface area contributed by atoms with Gasteiger partial charge in [-0.05, 0) is 0 Å². The number of nitrogens with one attached hydrogen (secondary N) is 3. The summed E-state index contributed by atoms with van der Waals surface area (Å²) in [5, 5.41) is 65.8. The molecule has 0 aromatic heterocycles. The monoisotopic (exact) mass is 365 g/mol. The fraction of sp³-hybridized carbons (Fsp3) is 0.857. The van der Waals surface area contributed by atoms with Gasteiger partial charge >= 0.3 is 11.9 Å². The number of aliphatic carboxylic acids is 2. The van der Waals surface area contributed by atoms with Gasteiger partial charge in [-0.2, -0.15) is 0 Å². The molecule has 0 radical (unpaired) electrons. The van der Waals surface area contributed by atoms with Crippen molar-refractivity contribution in [3.8, 4) is 0 Å². The Morgan fingerprint density at radius 1 is 0.680 bits per heavy atom. The summed E-state index contributed by atoms with van der Waals surface area (Å²) < 4.78 is 0. The van der Waals surface area contributed by atoms with Crippen LogP contribution in [0.15, 0.2) is 0 Å². The molecule has 1 aliphatic carbocycles. The van der Waals surface area contributed by atoms with E-state index >= 15 is 0 Å². The van der Waals surface area contributed by atoms with Crippen molar-refractivity contribution >= 4 is 11.9 Å². The molecule has 1 rings (SSSR count). The summed E-state index contributed by atoms with van der Waals surface area (Å²) in [5.74, 6) is -2.09. The van der Waals surface area contributed by atoms with Gasteiger partial charge in [-0.1, -0.05) is 0 Å². The highest BCUT2D eigenvalue weighted by atomic mass is 16.4. The third-order valence-corrected chi connectivity index (χ3v) is 4.14. The summed E-state index contributed by atoms with van der Waals surface area (Å²) in [6, 6.07) is -2.79. The van der Waals surface area contributed by atoms with Crippen molar-refractivity contribution in [2.75, 3.05) is 26.2 Å². The largest absolute Gasteiger partial charge is 0.481 e. The van der Waals surface area contributed by atoms with Crippen LogP contribution in [0.25, 0.3) is 0 Å². The van der Waals surface area contributed by atoms with Crippen LogP contribution in [-0.4, -0.2) is 105 Å². The molecule has 25 heavy (non-hydrogen) atoms. The molecule has 1 aliphatic rings. The first-order valence-corrected chi connectivity index (χ1v) is 8.08. The van der Waals surface area contributed by atoms with Crippen molar-refractivity contribution in [2.24, 2.45) is 0 Å². The summed E-state index contributed by atoms with van der Waals surface area (Å²) in [4.78, 5) is 21.2. The van der Waals surface area contributed by atoms with Gasteiger partial charge in [-0.15, -0.1) is 0 Å². The second-order valence-corrected chi connectivity index (χ2v) is 5.92. The molecular weight excluding hydrogens is 338 g/mol. The highest BCUT2D eigenvalue weighted by Gasteiger charge is 2.48. The lowest BCUT2D eigenvalue weighted by Crippen LogP contribution is -2.73. The summed E-state index contributed by atoms with van der Waals surface area (Å²) >= 11 is 0. The Morgan fingerprint density at radius 3 is 1.28 bits per heavy atom. The van der Waals surface area contributed by atoms with E-state index in [1.165, 1.54) is 0 Å². The van der Waals surface area contributed by atoms with Crippen molar-refractivity contribution in [1.82, 2.24) is 16.0 Å². The lowest BCUT2D eigenvalue weighted by molar-refractivity contribution is -0.137. The van der Waals surface area contributed by atoms with E-state index in [1.807, 2.05) is 0 Å². The number of carboxylic acids is 2. The van der Waals surface area contributed by atoms with Gasteiger partial charge in [0, 0.05) is 19.6 Å². The Morgan fingerprint density at radius 2 is 1.00 bits per heavy atom. The van der Waals surface area contributed by atoms with Crippen molar-refractivity contribution < 1.29 is 40.2 Å². The average molecular weight is 365 g/mol. The van der Waals surface area contributed by atoms with Crippen LogP contribution in [0.4, 0.5) is 0 Å². The lowest BCUT2D eigenvalue weighted by atomic mass is 9.79. The van der Waals surface area contributed by atoms with Crippen LogP contribution in [0.5, 0.6) is 0 Å². The van der Waals surface area contributed by atoms with Gasteiger partial charge in [0.05, 0.1) is 55.9 Å². The fourth-order valence-corrected chi connectivity index (χ4v) is 2.92. The molecule has 11 heteroatoms. The number of aliphatic hydroxyl groups excluding tert-OH is 4. The Kier molecular flexibility index (Phi) is 9.21. The number of hydrogen-bond donors (Lipinski definition) is 9. The van der Waals surface area contributed by atoms with Crippen molar-refractivity contribution in [1.29, 1.82) is 0 Å². The van der Waals surface area contributed by atoms with Crippen LogP contribution in [0.2, 0.25) is 0 Å². The number of rotatable bonds is 11. The van der Waals surface area contributed by atoms with E-state index in [-0.39, 0.29) is 39.1 Å². The van der Waals surface area contributed by atoms with Crippen LogP contribution in [0.1, 0.15) is 12.8 Å². The molecule has 0 aromatic carbocycles. The predicted octanol–water partition coefficient (Wildman–Crippen LogP) is -4.10. The van der Waals surface area contributed by atoms with Crippen molar-refractivity contribution in [3.63, 3.8) is 0 Å². The number of hydrogen-bond acceptors (Lipinski definition) is 9. The molecule has 0 heterocycles. The number of carboxylic acid groups (broad SMARTS) is 2. The normalized spacial score (nSPS) is 32.5. The molecule has 1 fully saturated rings. The van der Waals surface area contributed by atoms with Gasteiger partial charge < -0.3 is 46.6 Å². The van der Waals surface area contributed by atoms with Crippen molar-refractivity contribution in [3.05, 3.63) is 0 Å². The molecule has 146 valence electrons. The lowest BCUT2D eigenvalue weighted by Gasteiger charge is -2.47. The quantitative estimate of drug-likeness (QED) is 0.173. The Bertz CT molecular complexity index is 404. The first-order valence-electron chi connectivity index (χ1n) is 8.08. The SMILES string of the molecule is O=C(O)CCNC1C(O)C(NCCO)C(O)C(NCCC(=O)O)C1O. The third-order valence-electron chi connectivity index (χ3n) is 4.14. The summed E-state index contributed by atoms with van der Waals surface area (Å²) in [6.45, 7) is -0.136. The molecule has 0 aromatic rings. The molecule has 0 saturated heterocycles. The molecule has 9 N–H and O–H groups in total. The standard InChI is InChI=1S/C14H27N3O8/c18-6-5-17-11-13(24)9(15-3-1-7(19)20)12(23)10(14(11)25)16-4-2-8(21)22/h9-18,23-25H,1-6H2,(H,19,20)(H,21,22). The van der Waals surface area contributed by atoms with E-state index in [0.717, 1.165) is 0 Å². The second-order valence-electron chi connectivity index (χ2n) is 5.92. The van der Waals surface area contributed by atoms with Crippen LogP contribution in [-0.2, 0) is 9.59 Å². The molecule has 0 spiro atoms. The number of aliphatic hydroxyl groups is 4. The minimum atomic E-state index is -1.28. The molecule has 4 atom stereocenters. The van der Waals surface area contributed by atoms with Gasteiger partial charge in [-0.3, -0.25) is 9.59 Å². The van der Waals surface area contributed by atoms with E-state index < -0.39 is 48.4 Å². The van der Waals surface area contributed by atoms with E-state index in [4.69, 9.17) is 15.3 Å². The fourth-order valence-electron chi connectivity index (χ4n) is 2.92. The van der Waals surface area contributed by atoms with Gasteiger partial charge in [0.15, 0.2) is 0 Å². The highest BCUT2D eigenvalue weighted by molar-refractivity contribution is 5.67. The predicted molar refractivity (Wildman–Crippen MR) is 85.0 cm³/mol. The first-order chi connectivity index (χ1) is 11.8. The Hall–Kier alpha value is -1.34. The first kappa shape index (κ1) is 21.7. The van der Waals surface area contributed by atoms with Gasteiger partial charge in [-0.25, -0.2) is 0 Å². The molecule has 1 saturated carbocycles. The average Bonchev–Trinajstić information content (AvgIpc) is 2.53. The minimum absolute atomic E-state index is 0.00121. The van der Waals surface area contributed by atoms with Gasteiger partial charge in [0.25, 0.3) is 0 Å². The summed E-state index contributed by atoms with van der Waals surface area (Å²) in [7, 11) is 0. The van der Waals surface area contributed by atoms with E-state index in [1.54, 1.807) is 0 Å². The van der Waals surface area contributed by atoms with Crippen LogP contribution >= 0.6 is 0 Å². The van der Waals surface area contributed by atoms with E-state index in [0.29, 0.717) is 0 Å². The van der Waals surface area contributed by atoms with Crippen LogP contribution in [0, 0.1) is 0 Å². The molecule has 0 bridgehead atoms. The maximum absolute atomic E-state index is 10.6. The molecule has 0 aliphatic heterocycles. The summed E-state index contributed by atoms with van der Waals surface area (Å²) in [5.41, 5.74) is 0. The molecule has 4 unspecified atom stereocenters. The maximum Gasteiger partial charge on any atom is 0.304 e. The Labute approximate surface area is 144 Å². The molecular formula is C14H27N3O8.